The van der Waals surface area contributed by atoms with E-state index >= 15 is 0 Å². The van der Waals surface area contributed by atoms with Gasteiger partial charge in [0.05, 0.1) is 80.1 Å². The van der Waals surface area contributed by atoms with Gasteiger partial charge in [-0.2, -0.15) is 0 Å². The average Bonchev–Trinajstić information content (AvgIpc) is 1.13. The number of hydrogen-bond acceptors (Lipinski definition) is 26. The molecule has 4 saturated heterocycles. The van der Waals surface area contributed by atoms with Crippen molar-refractivity contribution in [2.24, 2.45) is 0 Å². The molecule has 1 aliphatic carbocycles. The van der Waals surface area contributed by atoms with E-state index in [1.165, 1.54) is 89.5 Å². The fourth-order valence-corrected chi connectivity index (χ4v) is 12.1. The first-order valence-electron chi connectivity index (χ1n) is 38.8. The van der Waals surface area contributed by atoms with E-state index in [1.807, 2.05) is 6.20 Å². The van der Waals surface area contributed by atoms with Crippen LogP contribution in [0.2, 0.25) is 0 Å². The molecular weight excluding hydrogens is 1820 g/mol. The van der Waals surface area contributed by atoms with Crippen LogP contribution in [0.1, 0.15) is 69.9 Å². The van der Waals surface area contributed by atoms with Gasteiger partial charge in [-0.05, 0) is 51.4 Å². The third kappa shape index (κ3) is 81.0. The summed E-state index contributed by atoms with van der Waals surface area (Å²) in [6.07, 6.45) is 17.6. The fourth-order valence-electron chi connectivity index (χ4n) is 12.1. The van der Waals surface area contributed by atoms with E-state index in [0.717, 1.165) is 163 Å². The van der Waals surface area contributed by atoms with Crippen LogP contribution in [0.4, 0.5) is 0 Å². The number of aromatic amines is 1. The van der Waals surface area contributed by atoms with Gasteiger partial charge in [-0.1, -0.05) is 12.8 Å². The SMILES string of the molecule is C[NH2+]CCC[C@@H]1CN[C@@H](CCC[NH2+]C)CNCCNCCNCCN1.C[NH2+]CCC[C@H]1CN[C@@H]2CCCC[C@H]2NCCNCCNCCN1.OC[C@@H]1CN[C@@H](CO)CN[C@@H](CO)CN[C@H](CO)CN[C@@H](CO)CN1.[Cl-].[Cl-].[Cl-].[Cl][Mn][Cl].[Cl][Mn][Cl].[Cl][Mn][Cl].[Cl][Mn][Cl].c1ncc(C[C@H]2CNCCNCCNCCNCCN2)[nH]1. The summed E-state index contributed by atoms with van der Waals surface area (Å²) in [5.74, 6) is 0. The van der Waals surface area contributed by atoms with Crippen LogP contribution < -0.4 is 160 Å². The minimum absolute atomic E-state index is 0. The molecule has 670 valence electrons. The van der Waals surface area contributed by atoms with Crippen molar-refractivity contribution in [3.63, 3.8) is 0 Å². The summed E-state index contributed by atoms with van der Waals surface area (Å²) in [7, 11) is 44.8. The molecule has 0 bridgehead atoms. The van der Waals surface area contributed by atoms with Crippen LogP contribution in [-0.2, 0) is 59.0 Å². The zero-order valence-corrected chi connectivity index (χ0v) is 78.6. The van der Waals surface area contributed by atoms with E-state index in [-0.39, 0.29) is 153 Å². The zero-order chi connectivity index (χ0) is 78.8. The van der Waals surface area contributed by atoms with E-state index in [2.05, 4.69) is 153 Å². The minimum atomic E-state index is -0.213. The second-order valence-corrected chi connectivity index (χ2v) is 34.3. The Labute approximate surface area is 740 Å². The summed E-state index contributed by atoms with van der Waals surface area (Å²) in [6.45, 7) is 30.6. The number of aliphatic hydroxyl groups excluding tert-OH is 5. The van der Waals surface area contributed by atoms with Crippen molar-refractivity contribution in [3.05, 3.63) is 18.2 Å². The first-order chi connectivity index (χ1) is 52.5. The maximum atomic E-state index is 9.48. The number of nitrogens with two attached hydrogens (primary N) is 3. The molecule has 11 atom stereocenters. The van der Waals surface area contributed by atoms with Gasteiger partial charge in [0.2, 0.25) is 0 Å². The topological polar surface area (TPSA) is 420 Å². The van der Waals surface area contributed by atoms with Gasteiger partial charge in [-0.25, -0.2) is 4.98 Å². The maximum absolute atomic E-state index is 9.48. The second kappa shape index (κ2) is 99.5. The molecule has 45 heteroatoms. The summed E-state index contributed by atoms with van der Waals surface area (Å²) < 4.78 is 0. The standard InChI is InChI=1S/C18H43N7.C18H40N6.C15H35N5O5.C14H29N7.11ClH.4Mn/c1-19-7-3-5-17-15-23-12-11-21-9-10-22-13-14-24-18(16-25-17)6-4-8-20-2;1-19-8-4-5-16-15-24-18-7-3-2-6-17(18)23-14-12-21-10-9-20-11-13-22-16;21-6-11-1-16-12(7-22)2-18-14(9-24)4-20-15(10-25)5-19-13(8-23)3-17-11;1-2-16-5-6-18-10-13(9-14-11-19-12-21-14)20-8-7-17-4-3-15-1;;;;;;;;;;;;;;;/h17-25H,3-16H2,1-2H3;16-24H,2-15H2,1H3;11-25H,1-10H2;11-13,15-18,20H,1-10H2,(H,19,21);11*1H;;;;/q;;;;;;;;;;;;;;;4*+2/p-8/t17-,18+;16-,17+,18+;11-,12-,13+,14+,15-;13-;;;;;;;;;;;;;;;/m0010.............../s1. The van der Waals surface area contributed by atoms with E-state index in [4.69, 9.17) is 80.8 Å². The Morgan fingerprint density at radius 3 is 0.873 bits per heavy atom. The van der Waals surface area contributed by atoms with Crippen molar-refractivity contribution >= 4 is 80.8 Å². The number of aliphatic hydroxyl groups is 5. The van der Waals surface area contributed by atoms with Crippen LogP contribution in [-0.4, -0.2) is 366 Å². The van der Waals surface area contributed by atoms with Crippen molar-refractivity contribution in [1.29, 1.82) is 0 Å². The molecule has 5 heterocycles. The van der Waals surface area contributed by atoms with Gasteiger partial charge < -0.3 is 190 Å². The molecule has 0 spiro atoms. The molecule has 4 aliphatic heterocycles. The number of rotatable bonds is 19. The van der Waals surface area contributed by atoms with Gasteiger partial charge in [0.1, 0.15) is 0 Å². The molecule has 0 aromatic carbocycles. The van der Waals surface area contributed by atoms with Gasteiger partial charge in [-0.15, -0.1) is 0 Å². The molecule has 0 radical (unpaired) electrons. The minimum Gasteiger partial charge on any atom is -0.348 e. The average molecular weight is 1970 g/mol. The number of nitrogens with one attached hydrogen (secondary N) is 21. The molecule has 1 aromatic rings. The second-order valence-electron chi connectivity index (χ2n) is 26.5. The predicted octanol–water partition coefficient (Wildman–Crippen LogP) is -15.2. The Kier molecular flexibility index (Phi) is 110. The smallest absolute Gasteiger partial charge is 0.0921 e. The monoisotopic (exact) mass is 1970 g/mol. The molecule has 1 saturated carbocycles. The molecule has 5 aliphatic rings. The van der Waals surface area contributed by atoms with E-state index in [0.29, 0.717) is 69.0 Å². The zero-order valence-electron chi connectivity index (χ0n) is 65.5. The number of imidazole rings is 1. The van der Waals surface area contributed by atoms with Crippen molar-refractivity contribution in [3.8, 4) is 0 Å². The van der Waals surface area contributed by atoms with Crippen LogP contribution >= 0.6 is 80.8 Å². The number of hydrogen-bond donors (Lipinski definition) is 29. The van der Waals surface area contributed by atoms with Crippen molar-refractivity contribution in [2.45, 2.75) is 137 Å². The van der Waals surface area contributed by atoms with Crippen molar-refractivity contribution < 1.29 is 131 Å². The summed E-state index contributed by atoms with van der Waals surface area (Å²) in [5.41, 5.74) is 1.18. The molecule has 30 nitrogen and oxygen atoms in total. The number of H-pyrrole nitrogens is 1. The van der Waals surface area contributed by atoms with Gasteiger partial charge in [-0.3, -0.25) is 0 Å². The number of quaternary nitrogens is 3. The third-order valence-corrected chi connectivity index (χ3v) is 18.1. The summed E-state index contributed by atoms with van der Waals surface area (Å²) in [5, 5.41) is 124. The number of aromatic nitrogens is 2. The summed E-state index contributed by atoms with van der Waals surface area (Å²) >= 11 is 0.0278. The first kappa shape index (κ1) is 122. The van der Waals surface area contributed by atoms with Crippen molar-refractivity contribution in [2.75, 3.05) is 264 Å². The normalized spacial score (nSPS) is 25.7. The van der Waals surface area contributed by atoms with Crippen LogP contribution in [0.5, 0.6) is 0 Å². The molecule has 6 rings (SSSR count). The summed E-state index contributed by atoms with van der Waals surface area (Å²) in [6, 6.07) is 2.40. The third-order valence-electron chi connectivity index (χ3n) is 18.1. The number of halogens is 11. The Bertz CT molecular complexity index is 1740. The largest absolute Gasteiger partial charge is 0.348 e. The Balaban J connectivity index is -0.000000420. The van der Waals surface area contributed by atoms with Gasteiger partial charge >= 0.3 is 133 Å². The Morgan fingerprint density at radius 2 is 0.573 bits per heavy atom. The van der Waals surface area contributed by atoms with E-state index in [9.17, 15) is 25.5 Å². The number of fused-ring (bicyclic) bond motifs is 1. The molecule has 0 unspecified atom stereocenters. The summed E-state index contributed by atoms with van der Waals surface area (Å²) in [4.78, 5) is 7.27. The predicted molar refractivity (Wildman–Crippen MR) is 434 cm³/mol. The van der Waals surface area contributed by atoms with Gasteiger partial charge in [0.15, 0.2) is 0 Å². The van der Waals surface area contributed by atoms with Crippen molar-refractivity contribution in [1.82, 2.24) is 116 Å². The Hall–Kier alpha value is 3.36. The first-order valence-corrected chi connectivity index (χ1v) is 51.8. The maximum Gasteiger partial charge on any atom is 0.0921 e. The fraction of sp³-hybridized carbons (Fsp3) is 0.954. The van der Waals surface area contributed by atoms with Crippen LogP contribution in [0.3, 0.4) is 0 Å². The van der Waals surface area contributed by atoms with Crippen LogP contribution in [0, 0.1) is 0 Å². The molecule has 32 N–H and O–H groups in total. The van der Waals surface area contributed by atoms with E-state index < -0.39 is 0 Å². The molecule has 110 heavy (non-hydrogen) atoms. The molecular formula is C65H150Cl11Mn4N25O5. The van der Waals surface area contributed by atoms with Gasteiger partial charge in [0, 0.05) is 275 Å². The molecule has 1 aromatic heterocycles. The van der Waals surface area contributed by atoms with E-state index in [1.54, 1.807) is 6.33 Å². The van der Waals surface area contributed by atoms with Crippen LogP contribution in [0.25, 0.3) is 0 Å². The number of nitrogens with zero attached hydrogens (tertiary/aromatic N) is 1. The molecule has 5 fully saturated rings. The molecule has 0 amide bonds. The quantitative estimate of drug-likeness (QED) is 0.0452. The van der Waals surface area contributed by atoms with Crippen LogP contribution in [0.15, 0.2) is 12.5 Å². The Morgan fingerprint density at radius 1 is 0.327 bits per heavy atom. The van der Waals surface area contributed by atoms with Gasteiger partial charge in [0.25, 0.3) is 0 Å².